The van der Waals surface area contributed by atoms with Gasteiger partial charge in [0.15, 0.2) is 5.69 Å². The Morgan fingerprint density at radius 3 is 2.64 bits per heavy atom. The number of rotatable bonds is 10. The van der Waals surface area contributed by atoms with Gasteiger partial charge in [-0.15, -0.1) is 0 Å². The van der Waals surface area contributed by atoms with Crippen LogP contribution in [0.3, 0.4) is 0 Å². The van der Waals surface area contributed by atoms with E-state index < -0.39 is 5.97 Å². The number of aromatic nitrogens is 1. The molecule has 0 bridgehead atoms. The van der Waals surface area contributed by atoms with Crippen LogP contribution in [-0.2, 0) is 17.8 Å². The third-order valence-corrected chi connectivity index (χ3v) is 3.35. The Hall–Kier alpha value is -2.14. The largest absolute Gasteiger partial charge is 0.476 e. The van der Waals surface area contributed by atoms with Crippen molar-refractivity contribution in [3.63, 3.8) is 0 Å². The van der Waals surface area contributed by atoms with Gasteiger partial charge in [0, 0.05) is 19.1 Å². The smallest absolute Gasteiger partial charge is 0.358 e. The molecule has 2 aromatic rings. The number of carbonyl (C=O) groups is 1. The lowest BCUT2D eigenvalue weighted by Gasteiger charge is -2.04. The highest BCUT2D eigenvalue weighted by Gasteiger charge is 2.09. The fraction of sp³-hybridized carbons (Fsp3) is 0.412. The highest BCUT2D eigenvalue weighted by atomic mass is 16.5. The lowest BCUT2D eigenvalue weighted by molar-refractivity contribution is 0.0685. The first kappa shape index (κ1) is 16.2. The molecule has 1 N–H and O–H groups in total. The molecule has 0 aliphatic rings. The molecule has 0 saturated heterocycles. The van der Waals surface area contributed by atoms with Crippen LogP contribution in [0.15, 0.2) is 40.9 Å². The predicted octanol–water partition coefficient (Wildman–Crippen LogP) is 3.69. The normalized spacial score (nSPS) is 10.7. The number of aromatic carboxylic acids is 1. The van der Waals surface area contributed by atoms with Crippen molar-refractivity contribution in [3.05, 3.63) is 53.4 Å². The summed E-state index contributed by atoms with van der Waals surface area (Å²) in [6, 6.07) is 11.6. The van der Waals surface area contributed by atoms with Gasteiger partial charge in [-0.2, -0.15) is 0 Å². The van der Waals surface area contributed by atoms with Crippen molar-refractivity contribution < 1.29 is 19.2 Å². The molecule has 1 aromatic carbocycles. The molecule has 1 heterocycles. The molecule has 2 rings (SSSR count). The quantitative estimate of drug-likeness (QED) is 0.678. The fourth-order valence-corrected chi connectivity index (χ4v) is 2.15. The number of ether oxygens (including phenoxy) is 1. The summed E-state index contributed by atoms with van der Waals surface area (Å²) in [4.78, 5) is 10.7. The molecular formula is C17H21NO4. The fourth-order valence-electron chi connectivity index (χ4n) is 2.15. The van der Waals surface area contributed by atoms with Gasteiger partial charge in [0.1, 0.15) is 5.76 Å². The van der Waals surface area contributed by atoms with Crippen LogP contribution in [0.4, 0.5) is 0 Å². The van der Waals surface area contributed by atoms with Gasteiger partial charge in [-0.25, -0.2) is 4.79 Å². The average molecular weight is 303 g/mol. The first-order valence-electron chi connectivity index (χ1n) is 7.56. The van der Waals surface area contributed by atoms with Crippen molar-refractivity contribution in [1.29, 1.82) is 0 Å². The Morgan fingerprint density at radius 1 is 1.14 bits per heavy atom. The van der Waals surface area contributed by atoms with Crippen LogP contribution in [0.25, 0.3) is 0 Å². The second kappa shape index (κ2) is 9.00. The highest BCUT2D eigenvalue weighted by Crippen LogP contribution is 2.10. The molecule has 0 spiro atoms. The minimum absolute atomic E-state index is 0.0238. The Kier molecular flexibility index (Phi) is 6.64. The summed E-state index contributed by atoms with van der Waals surface area (Å²) in [5, 5.41) is 12.2. The van der Waals surface area contributed by atoms with Gasteiger partial charge in [-0.1, -0.05) is 48.3 Å². The zero-order valence-electron chi connectivity index (χ0n) is 12.5. The van der Waals surface area contributed by atoms with Gasteiger partial charge < -0.3 is 14.4 Å². The van der Waals surface area contributed by atoms with Crippen LogP contribution >= 0.6 is 0 Å². The van der Waals surface area contributed by atoms with Crippen molar-refractivity contribution >= 4 is 5.97 Å². The number of unbranched alkanes of at least 4 members (excludes halogenated alkanes) is 3. The van der Waals surface area contributed by atoms with Crippen molar-refractivity contribution in [1.82, 2.24) is 5.16 Å². The van der Waals surface area contributed by atoms with Crippen molar-refractivity contribution in [2.24, 2.45) is 0 Å². The van der Waals surface area contributed by atoms with Gasteiger partial charge in [0.2, 0.25) is 0 Å². The number of aryl methyl sites for hydroxylation is 1. The summed E-state index contributed by atoms with van der Waals surface area (Å²) in [5.41, 5.74) is 1.17. The van der Waals surface area contributed by atoms with E-state index in [1.807, 2.05) is 18.2 Å². The molecule has 0 aliphatic heterocycles. The minimum atomic E-state index is -1.05. The standard InChI is InChI=1S/C17H21NO4/c19-17(20)16-12-15(22-18-16)10-6-1-2-7-11-21-13-14-8-4-3-5-9-14/h3-5,8-9,12H,1-2,6-7,10-11,13H2,(H,19,20). The van der Waals surface area contributed by atoms with Crippen LogP contribution in [0, 0.1) is 0 Å². The number of carboxylic acid groups (broad SMARTS) is 1. The molecular weight excluding hydrogens is 282 g/mol. The van der Waals surface area contributed by atoms with Crippen molar-refractivity contribution in [2.75, 3.05) is 6.61 Å². The number of carboxylic acids is 1. The Bertz CT molecular complexity index is 565. The molecule has 0 aliphatic carbocycles. The monoisotopic (exact) mass is 303 g/mol. The average Bonchev–Trinajstić information content (AvgIpc) is 3.00. The number of benzene rings is 1. The van der Waals surface area contributed by atoms with Gasteiger partial charge >= 0.3 is 5.97 Å². The van der Waals surface area contributed by atoms with Crippen LogP contribution in [-0.4, -0.2) is 22.8 Å². The number of hydrogen-bond acceptors (Lipinski definition) is 4. The van der Waals surface area contributed by atoms with E-state index in [9.17, 15) is 4.79 Å². The van der Waals surface area contributed by atoms with Crippen LogP contribution in [0.1, 0.15) is 47.5 Å². The molecule has 1 aromatic heterocycles. The van der Waals surface area contributed by atoms with E-state index in [1.54, 1.807) is 0 Å². The third-order valence-electron chi connectivity index (χ3n) is 3.35. The van der Waals surface area contributed by atoms with Gasteiger partial charge in [0.25, 0.3) is 0 Å². The van der Waals surface area contributed by atoms with Gasteiger partial charge in [-0.3, -0.25) is 0 Å². The van der Waals surface area contributed by atoms with E-state index >= 15 is 0 Å². The summed E-state index contributed by atoms with van der Waals surface area (Å²) >= 11 is 0. The predicted molar refractivity (Wildman–Crippen MR) is 81.7 cm³/mol. The summed E-state index contributed by atoms with van der Waals surface area (Å²) in [5.74, 6) is -0.414. The maximum absolute atomic E-state index is 10.7. The van der Waals surface area contributed by atoms with Crippen LogP contribution in [0.5, 0.6) is 0 Å². The molecule has 5 nitrogen and oxygen atoms in total. The molecule has 22 heavy (non-hydrogen) atoms. The van der Waals surface area contributed by atoms with Crippen molar-refractivity contribution in [2.45, 2.75) is 38.7 Å². The van der Waals surface area contributed by atoms with E-state index in [0.717, 1.165) is 38.7 Å². The maximum atomic E-state index is 10.7. The first-order valence-corrected chi connectivity index (χ1v) is 7.56. The zero-order chi connectivity index (χ0) is 15.6. The highest BCUT2D eigenvalue weighted by molar-refractivity contribution is 5.85. The SMILES string of the molecule is O=C(O)c1cc(CCCCCCOCc2ccccc2)on1. The molecule has 0 radical (unpaired) electrons. The molecule has 0 fully saturated rings. The van der Waals surface area contributed by atoms with Gasteiger partial charge in [0.05, 0.1) is 6.61 Å². The summed E-state index contributed by atoms with van der Waals surface area (Å²) in [6.07, 6.45) is 4.88. The third kappa shape index (κ3) is 5.69. The number of nitrogens with zero attached hydrogens (tertiary/aromatic N) is 1. The van der Waals surface area contributed by atoms with E-state index in [2.05, 4.69) is 17.3 Å². The number of hydrogen-bond donors (Lipinski definition) is 1. The van der Waals surface area contributed by atoms with Crippen LogP contribution in [0.2, 0.25) is 0 Å². The molecule has 118 valence electrons. The minimum Gasteiger partial charge on any atom is -0.476 e. The maximum Gasteiger partial charge on any atom is 0.358 e. The van der Waals surface area contributed by atoms with Crippen LogP contribution < -0.4 is 0 Å². The van der Waals surface area contributed by atoms with Gasteiger partial charge in [-0.05, 0) is 18.4 Å². The Morgan fingerprint density at radius 2 is 1.91 bits per heavy atom. The molecule has 0 amide bonds. The lowest BCUT2D eigenvalue weighted by atomic mass is 10.1. The van der Waals surface area contributed by atoms with E-state index in [0.29, 0.717) is 12.4 Å². The topological polar surface area (TPSA) is 72.6 Å². The first-order chi connectivity index (χ1) is 10.8. The summed E-state index contributed by atoms with van der Waals surface area (Å²) in [7, 11) is 0. The Balaban J connectivity index is 1.48. The Labute approximate surface area is 129 Å². The molecule has 0 unspecified atom stereocenters. The summed E-state index contributed by atoms with van der Waals surface area (Å²) < 4.78 is 10.6. The van der Waals surface area contributed by atoms with E-state index in [1.165, 1.54) is 11.6 Å². The molecule has 5 heteroatoms. The second-order valence-corrected chi connectivity index (χ2v) is 5.19. The van der Waals surface area contributed by atoms with E-state index in [-0.39, 0.29) is 5.69 Å². The second-order valence-electron chi connectivity index (χ2n) is 5.19. The van der Waals surface area contributed by atoms with E-state index in [4.69, 9.17) is 14.4 Å². The molecule has 0 atom stereocenters. The van der Waals surface area contributed by atoms with Crippen molar-refractivity contribution in [3.8, 4) is 0 Å². The molecule has 0 saturated carbocycles. The zero-order valence-corrected chi connectivity index (χ0v) is 12.5. The summed E-state index contributed by atoms with van der Waals surface area (Å²) in [6.45, 7) is 1.43. The lowest BCUT2D eigenvalue weighted by Crippen LogP contribution is -1.95.